The Morgan fingerprint density at radius 2 is 1.86 bits per heavy atom. The number of nitrogens with one attached hydrogen (secondary N) is 1. The quantitative estimate of drug-likeness (QED) is 0.751. The number of rotatable bonds is 4. The van der Waals surface area contributed by atoms with Gasteiger partial charge in [-0.1, -0.05) is 6.07 Å². The smallest absolute Gasteiger partial charge is 0.275 e. The van der Waals surface area contributed by atoms with Crippen LogP contribution in [0.25, 0.3) is 5.82 Å². The van der Waals surface area contributed by atoms with Gasteiger partial charge in [-0.3, -0.25) is 9.36 Å². The maximum atomic E-state index is 14.0. The van der Waals surface area contributed by atoms with E-state index in [4.69, 9.17) is 0 Å². The van der Waals surface area contributed by atoms with Crippen LogP contribution in [0.2, 0.25) is 0 Å². The number of carbonyl (C=O) groups excluding carboxylic acids is 1. The fraction of sp³-hybridized carbons (Fsp3) is 0.300. The zero-order valence-corrected chi connectivity index (χ0v) is 15.6. The summed E-state index contributed by atoms with van der Waals surface area (Å²) in [5.41, 5.74) is 1.09. The Kier molecular flexibility index (Phi) is 5.01. The minimum absolute atomic E-state index is 0.125. The lowest BCUT2D eigenvalue weighted by atomic mass is 10.1. The van der Waals surface area contributed by atoms with Crippen LogP contribution >= 0.6 is 0 Å². The molecule has 1 aromatic carbocycles. The van der Waals surface area contributed by atoms with Crippen LogP contribution in [-0.4, -0.2) is 38.5 Å². The summed E-state index contributed by atoms with van der Waals surface area (Å²) in [5, 5.41) is 2.55. The Balaban J connectivity index is 1.51. The number of nitrogens with zero attached hydrogens (tertiary/aromatic N) is 5. The number of aromatic nitrogens is 4. The van der Waals surface area contributed by atoms with E-state index in [2.05, 4.69) is 25.2 Å². The van der Waals surface area contributed by atoms with Gasteiger partial charge < -0.3 is 10.2 Å². The summed E-state index contributed by atoms with van der Waals surface area (Å²) in [4.78, 5) is 27.4. The number of hydrogen-bond donors (Lipinski definition) is 1. The Morgan fingerprint density at radius 3 is 2.64 bits per heavy atom. The van der Waals surface area contributed by atoms with Gasteiger partial charge in [0.05, 0.1) is 5.69 Å². The number of hydrogen-bond acceptors (Lipinski definition) is 5. The van der Waals surface area contributed by atoms with Crippen molar-refractivity contribution in [3.8, 4) is 5.82 Å². The maximum Gasteiger partial charge on any atom is 0.275 e. The van der Waals surface area contributed by atoms with E-state index in [1.54, 1.807) is 23.8 Å². The van der Waals surface area contributed by atoms with Gasteiger partial charge in [0.1, 0.15) is 35.8 Å². The molecule has 0 radical (unpaired) electrons. The predicted molar refractivity (Wildman–Crippen MR) is 104 cm³/mol. The lowest BCUT2D eigenvalue weighted by Gasteiger charge is -2.27. The molecule has 0 atom stereocenters. The van der Waals surface area contributed by atoms with Crippen LogP contribution in [0.4, 0.5) is 15.9 Å². The van der Waals surface area contributed by atoms with Crippen molar-refractivity contribution in [1.82, 2.24) is 19.5 Å². The second kappa shape index (κ2) is 7.75. The van der Waals surface area contributed by atoms with E-state index in [1.807, 2.05) is 6.07 Å². The number of halogens is 1. The van der Waals surface area contributed by atoms with Gasteiger partial charge in [0, 0.05) is 25.4 Å². The van der Waals surface area contributed by atoms with Gasteiger partial charge in [-0.25, -0.2) is 19.3 Å². The Morgan fingerprint density at radius 1 is 1.07 bits per heavy atom. The molecule has 3 aromatic rings. The molecule has 28 heavy (non-hydrogen) atoms. The van der Waals surface area contributed by atoms with Gasteiger partial charge in [0.15, 0.2) is 0 Å². The van der Waals surface area contributed by atoms with E-state index >= 15 is 0 Å². The number of anilines is 2. The van der Waals surface area contributed by atoms with Crippen molar-refractivity contribution in [2.45, 2.75) is 26.2 Å². The van der Waals surface area contributed by atoms with E-state index in [0.717, 1.165) is 37.3 Å². The topological polar surface area (TPSA) is 75.9 Å². The van der Waals surface area contributed by atoms with Gasteiger partial charge in [0.25, 0.3) is 5.91 Å². The minimum Gasteiger partial charge on any atom is -0.356 e. The molecule has 8 heteroatoms. The second-order valence-corrected chi connectivity index (χ2v) is 6.89. The van der Waals surface area contributed by atoms with Crippen LogP contribution in [0.5, 0.6) is 0 Å². The highest BCUT2D eigenvalue weighted by atomic mass is 19.1. The van der Waals surface area contributed by atoms with Crippen molar-refractivity contribution in [1.29, 1.82) is 0 Å². The van der Waals surface area contributed by atoms with Gasteiger partial charge >= 0.3 is 0 Å². The minimum atomic E-state index is -0.480. The Hall–Kier alpha value is -3.29. The molecule has 0 saturated carbocycles. The number of aryl methyl sites for hydroxylation is 1. The third kappa shape index (κ3) is 3.85. The molecular weight excluding hydrogens is 359 g/mol. The zero-order chi connectivity index (χ0) is 19.5. The van der Waals surface area contributed by atoms with Crippen molar-refractivity contribution >= 4 is 17.4 Å². The first-order valence-corrected chi connectivity index (χ1v) is 9.29. The van der Waals surface area contributed by atoms with E-state index < -0.39 is 11.7 Å². The molecule has 1 fully saturated rings. The van der Waals surface area contributed by atoms with Gasteiger partial charge in [-0.05, 0) is 43.9 Å². The number of benzene rings is 1. The van der Waals surface area contributed by atoms with Gasteiger partial charge in [-0.2, -0.15) is 0 Å². The van der Waals surface area contributed by atoms with Crippen molar-refractivity contribution in [2.75, 3.05) is 23.3 Å². The van der Waals surface area contributed by atoms with E-state index in [1.165, 1.54) is 31.2 Å². The van der Waals surface area contributed by atoms with Crippen LogP contribution in [0, 0.1) is 12.7 Å². The molecule has 2 aromatic heterocycles. The Labute approximate surface area is 162 Å². The molecule has 0 aliphatic carbocycles. The highest BCUT2D eigenvalue weighted by Gasteiger charge is 2.15. The molecule has 0 spiro atoms. The summed E-state index contributed by atoms with van der Waals surface area (Å²) in [6, 6.07) is 6.53. The van der Waals surface area contributed by atoms with Crippen molar-refractivity contribution in [3.05, 3.63) is 60.2 Å². The highest BCUT2D eigenvalue weighted by Crippen LogP contribution is 2.20. The summed E-state index contributed by atoms with van der Waals surface area (Å²) >= 11 is 0. The average molecular weight is 380 g/mol. The molecule has 1 N–H and O–H groups in total. The maximum absolute atomic E-state index is 14.0. The predicted octanol–water partition coefficient (Wildman–Crippen LogP) is 3.35. The van der Waals surface area contributed by atoms with Crippen LogP contribution in [-0.2, 0) is 0 Å². The SMILES string of the molecule is Cc1ccc(NC(=O)c2cn(-c3cc(N4CCCCC4)ncn3)cn2)c(F)c1. The molecule has 0 unspecified atom stereocenters. The summed E-state index contributed by atoms with van der Waals surface area (Å²) in [5.74, 6) is 0.538. The van der Waals surface area contributed by atoms with Crippen molar-refractivity contribution in [3.63, 3.8) is 0 Å². The lowest BCUT2D eigenvalue weighted by Crippen LogP contribution is -2.30. The first kappa shape index (κ1) is 18.1. The van der Waals surface area contributed by atoms with Gasteiger partial charge in [-0.15, -0.1) is 0 Å². The van der Waals surface area contributed by atoms with Crippen molar-refractivity contribution in [2.24, 2.45) is 0 Å². The largest absolute Gasteiger partial charge is 0.356 e. The standard InChI is InChI=1S/C20H21FN6O/c1-14-5-6-16(15(21)9-14)25-20(28)17-11-27(13-24-17)19-10-18(22-12-23-19)26-7-3-2-4-8-26/h5-6,9-13H,2-4,7-8H2,1H3,(H,25,28). The molecule has 4 rings (SSSR count). The number of amides is 1. The lowest BCUT2D eigenvalue weighted by molar-refractivity contribution is 0.102. The van der Waals surface area contributed by atoms with Crippen molar-refractivity contribution < 1.29 is 9.18 Å². The molecule has 7 nitrogen and oxygen atoms in total. The zero-order valence-electron chi connectivity index (χ0n) is 15.6. The van der Waals surface area contributed by atoms with Crippen LogP contribution < -0.4 is 10.2 Å². The number of imidazole rings is 1. The second-order valence-electron chi connectivity index (χ2n) is 6.89. The number of carbonyl (C=O) groups is 1. The first-order chi connectivity index (χ1) is 13.6. The van der Waals surface area contributed by atoms with E-state index in [-0.39, 0.29) is 11.4 Å². The third-order valence-electron chi connectivity index (χ3n) is 4.77. The molecule has 144 valence electrons. The molecule has 3 heterocycles. The third-order valence-corrected chi connectivity index (χ3v) is 4.77. The molecule has 1 amide bonds. The van der Waals surface area contributed by atoms with Crippen LogP contribution in [0.3, 0.4) is 0 Å². The van der Waals surface area contributed by atoms with Gasteiger partial charge in [0.2, 0.25) is 0 Å². The Bertz CT molecular complexity index is 996. The fourth-order valence-electron chi connectivity index (χ4n) is 3.25. The molecule has 1 aliphatic heterocycles. The number of piperidine rings is 1. The summed E-state index contributed by atoms with van der Waals surface area (Å²) < 4.78 is 15.6. The van der Waals surface area contributed by atoms with Crippen LogP contribution in [0.1, 0.15) is 35.3 Å². The first-order valence-electron chi connectivity index (χ1n) is 9.29. The average Bonchev–Trinajstić information content (AvgIpc) is 3.21. The molecule has 0 bridgehead atoms. The van der Waals surface area contributed by atoms with Crippen LogP contribution in [0.15, 0.2) is 43.1 Å². The molecule has 1 saturated heterocycles. The monoisotopic (exact) mass is 380 g/mol. The summed E-state index contributed by atoms with van der Waals surface area (Å²) in [6.45, 7) is 3.75. The summed E-state index contributed by atoms with van der Waals surface area (Å²) in [7, 11) is 0. The summed E-state index contributed by atoms with van der Waals surface area (Å²) in [6.07, 6.45) is 8.16. The van der Waals surface area contributed by atoms with E-state index in [9.17, 15) is 9.18 Å². The highest BCUT2D eigenvalue weighted by molar-refractivity contribution is 6.02. The fourth-order valence-corrected chi connectivity index (χ4v) is 3.25. The normalized spacial score (nSPS) is 14.1. The van der Waals surface area contributed by atoms with E-state index in [0.29, 0.717) is 5.82 Å². The molecule has 1 aliphatic rings. The molecular formula is C20H21FN6O.